The van der Waals surface area contributed by atoms with E-state index in [-0.39, 0.29) is 5.41 Å². The number of nitrogens with zero attached hydrogens (tertiary/aromatic N) is 1. The smallest absolute Gasteiger partial charge is 0.228 e. The van der Waals surface area contributed by atoms with Crippen LogP contribution in [0.4, 0.5) is 0 Å². The van der Waals surface area contributed by atoms with Gasteiger partial charge < -0.3 is 15.0 Å². The molecule has 1 saturated carbocycles. The molecule has 4 heteroatoms. The fraction of sp³-hybridized carbons (Fsp3) is 0.923. The Labute approximate surface area is 103 Å². The second-order valence-corrected chi connectivity index (χ2v) is 5.98. The van der Waals surface area contributed by atoms with E-state index in [4.69, 9.17) is 4.74 Å². The van der Waals surface area contributed by atoms with Crippen molar-refractivity contribution in [3.63, 3.8) is 0 Å². The Balaban J connectivity index is 1.40. The third-order valence-electron chi connectivity index (χ3n) is 4.32. The minimum Gasteiger partial charge on any atom is -0.371 e. The zero-order valence-corrected chi connectivity index (χ0v) is 10.6. The Morgan fingerprint density at radius 3 is 2.47 bits per heavy atom. The normalized spacial score (nSPS) is 28.9. The van der Waals surface area contributed by atoms with Crippen LogP contribution in [0.1, 0.15) is 32.6 Å². The predicted octanol–water partition coefficient (Wildman–Crippen LogP) is 0.766. The molecule has 1 amide bonds. The molecule has 3 rings (SSSR count). The molecule has 1 N–H and O–H groups in total. The van der Waals surface area contributed by atoms with E-state index in [9.17, 15) is 4.79 Å². The van der Waals surface area contributed by atoms with Crippen LogP contribution < -0.4 is 5.32 Å². The molecule has 4 nitrogen and oxygen atoms in total. The van der Waals surface area contributed by atoms with Gasteiger partial charge in [-0.2, -0.15) is 0 Å². The molecule has 0 aromatic heterocycles. The van der Waals surface area contributed by atoms with Gasteiger partial charge in [-0.05, 0) is 38.8 Å². The molecule has 3 fully saturated rings. The van der Waals surface area contributed by atoms with Crippen LogP contribution in [-0.2, 0) is 9.53 Å². The fourth-order valence-corrected chi connectivity index (χ4v) is 2.68. The maximum absolute atomic E-state index is 12.0. The maximum Gasteiger partial charge on any atom is 0.228 e. The number of carbonyl (C=O) groups excluding carboxylic acids is 1. The third-order valence-corrected chi connectivity index (χ3v) is 4.32. The zero-order chi connectivity index (χ0) is 11.9. The quantitative estimate of drug-likeness (QED) is 0.789. The van der Waals surface area contributed by atoms with Crippen LogP contribution in [0.15, 0.2) is 0 Å². The molecule has 0 unspecified atom stereocenters. The van der Waals surface area contributed by atoms with Crippen LogP contribution in [0, 0.1) is 5.41 Å². The van der Waals surface area contributed by atoms with Gasteiger partial charge in [-0.1, -0.05) is 6.92 Å². The molecule has 1 aliphatic carbocycles. The van der Waals surface area contributed by atoms with Crippen molar-refractivity contribution in [1.29, 1.82) is 0 Å². The molecule has 17 heavy (non-hydrogen) atoms. The summed E-state index contributed by atoms with van der Waals surface area (Å²) in [6.45, 7) is 5.85. The second kappa shape index (κ2) is 4.25. The molecule has 0 atom stereocenters. The largest absolute Gasteiger partial charge is 0.371 e. The van der Waals surface area contributed by atoms with E-state index in [2.05, 4.69) is 12.2 Å². The van der Waals surface area contributed by atoms with E-state index >= 15 is 0 Å². The zero-order valence-electron chi connectivity index (χ0n) is 10.6. The van der Waals surface area contributed by atoms with Gasteiger partial charge in [-0.3, -0.25) is 4.79 Å². The lowest BCUT2D eigenvalue weighted by molar-refractivity contribution is -0.155. The van der Waals surface area contributed by atoms with E-state index in [1.807, 2.05) is 4.90 Å². The van der Waals surface area contributed by atoms with Gasteiger partial charge in [-0.25, -0.2) is 0 Å². The predicted molar refractivity (Wildman–Crippen MR) is 64.7 cm³/mol. The number of carbonyl (C=O) groups is 1. The van der Waals surface area contributed by atoms with Gasteiger partial charge in [-0.15, -0.1) is 0 Å². The molecule has 0 aromatic carbocycles. The summed E-state index contributed by atoms with van der Waals surface area (Å²) in [4.78, 5) is 14.0. The van der Waals surface area contributed by atoms with Crippen LogP contribution in [0.5, 0.6) is 0 Å². The van der Waals surface area contributed by atoms with Crippen molar-refractivity contribution in [2.45, 2.75) is 44.8 Å². The summed E-state index contributed by atoms with van der Waals surface area (Å²) in [5.74, 6) is 0.350. The van der Waals surface area contributed by atoms with Crippen LogP contribution in [0.2, 0.25) is 0 Å². The molecule has 0 aromatic rings. The maximum atomic E-state index is 12.0. The number of rotatable bonds is 3. The fourth-order valence-electron chi connectivity index (χ4n) is 2.68. The lowest BCUT2D eigenvalue weighted by Gasteiger charge is -2.42. The van der Waals surface area contributed by atoms with Crippen LogP contribution in [-0.4, -0.2) is 49.2 Å². The summed E-state index contributed by atoms with van der Waals surface area (Å²) in [6, 6.07) is 0. The number of likely N-dealkylation sites (tertiary alicyclic amines) is 1. The van der Waals surface area contributed by atoms with Crippen LogP contribution >= 0.6 is 0 Å². The highest BCUT2D eigenvalue weighted by molar-refractivity contribution is 5.85. The van der Waals surface area contributed by atoms with E-state index in [1.54, 1.807) is 0 Å². The van der Waals surface area contributed by atoms with Gasteiger partial charge in [0.1, 0.15) is 0 Å². The van der Waals surface area contributed by atoms with Crippen molar-refractivity contribution >= 4 is 5.91 Å². The Morgan fingerprint density at radius 1 is 1.24 bits per heavy atom. The van der Waals surface area contributed by atoms with Crippen molar-refractivity contribution in [2.75, 3.05) is 26.2 Å². The van der Waals surface area contributed by atoms with Gasteiger partial charge in [0, 0.05) is 18.5 Å². The summed E-state index contributed by atoms with van der Waals surface area (Å²) in [5, 5.41) is 3.33. The number of nitrogens with one attached hydrogen (secondary N) is 1. The standard InChI is InChI=1S/C13H22N2O2/c1-13(4-5-13)12(16)15-8-11(9-15)17-10-2-6-14-7-3-10/h10-11,14H,2-9H2,1H3. The number of ether oxygens (including phenoxy) is 1. The Kier molecular flexibility index (Phi) is 2.87. The summed E-state index contributed by atoms with van der Waals surface area (Å²) in [5.41, 5.74) is -0.0142. The minimum absolute atomic E-state index is 0.0142. The first kappa shape index (κ1) is 11.5. The monoisotopic (exact) mass is 238 g/mol. The molecule has 2 saturated heterocycles. The van der Waals surface area contributed by atoms with Gasteiger partial charge >= 0.3 is 0 Å². The number of piperidine rings is 1. The highest BCUT2D eigenvalue weighted by Crippen LogP contribution is 2.47. The first-order valence-electron chi connectivity index (χ1n) is 6.83. The summed E-state index contributed by atoms with van der Waals surface area (Å²) >= 11 is 0. The van der Waals surface area contributed by atoms with Crippen molar-refractivity contribution in [2.24, 2.45) is 5.41 Å². The topological polar surface area (TPSA) is 41.6 Å². The van der Waals surface area contributed by atoms with Crippen molar-refractivity contribution < 1.29 is 9.53 Å². The average molecular weight is 238 g/mol. The summed E-state index contributed by atoms with van der Waals surface area (Å²) in [7, 11) is 0. The highest BCUT2D eigenvalue weighted by atomic mass is 16.5. The first-order chi connectivity index (χ1) is 8.17. The van der Waals surface area contributed by atoms with Crippen LogP contribution in [0.25, 0.3) is 0 Å². The van der Waals surface area contributed by atoms with E-state index < -0.39 is 0 Å². The molecule has 3 aliphatic rings. The van der Waals surface area contributed by atoms with Crippen molar-refractivity contribution in [3.05, 3.63) is 0 Å². The molecule has 2 aliphatic heterocycles. The summed E-state index contributed by atoms with van der Waals surface area (Å²) in [6.07, 6.45) is 5.08. The molecule has 2 heterocycles. The van der Waals surface area contributed by atoms with E-state index in [1.165, 1.54) is 0 Å². The van der Waals surface area contributed by atoms with E-state index in [0.717, 1.165) is 51.9 Å². The first-order valence-corrected chi connectivity index (χ1v) is 6.83. The van der Waals surface area contributed by atoms with Gasteiger partial charge in [0.05, 0.1) is 12.2 Å². The highest BCUT2D eigenvalue weighted by Gasteiger charge is 2.49. The number of hydrogen-bond acceptors (Lipinski definition) is 3. The molecule has 96 valence electrons. The summed E-state index contributed by atoms with van der Waals surface area (Å²) < 4.78 is 6.01. The molecule has 0 radical (unpaired) electrons. The second-order valence-electron chi connectivity index (χ2n) is 5.98. The van der Waals surface area contributed by atoms with E-state index in [0.29, 0.717) is 18.1 Å². The molecular weight excluding hydrogens is 216 g/mol. The van der Waals surface area contributed by atoms with Gasteiger partial charge in [0.15, 0.2) is 0 Å². The Morgan fingerprint density at radius 2 is 1.88 bits per heavy atom. The minimum atomic E-state index is -0.0142. The van der Waals surface area contributed by atoms with Gasteiger partial charge in [0.25, 0.3) is 0 Å². The SMILES string of the molecule is CC1(C(=O)N2CC(OC3CCNCC3)C2)CC1. The average Bonchev–Trinajstić information content (AvgIpc) is 3.03. The molecular formula is C13H22N2O2. The third kappa shape index (κ3) is 2.33. The molecule has 0 bridgehead atoms. The van der Waals surface area contributed by atoms with Crippen LogP contribution in [0.3, 0.4) is 0 Å². The molecule has 0 spiro atoms. The number of hydrogen-bond donors (Lipinski definition) is 1. The Bertz CT molecular complexity index is 303. The van der Waals surface area contributed by atoms with Crippen molar-refractivity contribution in [1.82, 2.24) is 10.2 Å². The Hall–Kier alpha value is -0.610. The lowest BCUT2D eigenvalue weighted by atomic mass is 10.0. The van der Waals surface area contributed by atoms with Crippen molar-refractivity contribution in [3.8, 4) is 0 Å². The lowest BCUT2D eigenvalue weighted by Crippen LogP contribution is -2.57. The number of amides is 1. The van der Waals surface area contributed by atoms with Gasteiger partial charge in [0.2, 0.25) is 5.91 Å².